The van der Waals surface area contributed by atoms with Crippen molar-refractivity contribution in [2.75, 3.05) is 0 Å². The number of hydrogen-bond donors (Lipinski definition) is 0. The summed E-state index contributed by atoms with van der Waals surface area (Å²) in [5.74, 6) is 0.691. The maximum atomic E-state index is 6.21. The first kappa shape index (κ1) is 13.0. The lowest BCUT2D eigenvalue weighted by molar-refractivity contribution is 0.611. The lowest BCUT2D eigenvalue weighted by Gasteiger charge is -2.08. The molecule has 0 fully saturated rings. The van der Waals surface area contributed by atoms with Gasteiger partial charge in [0.1, 0.15) is 11.3 Å². The Morgan fingerprint density at radius 1 is 1.20 bits per heavy atom. The number of aromatic nitrogens is 5. The normalized spacial score (nSPS) is 11.4. The van der Waals surface area contributed by atoms with Crippen molar-refractivity contribution in [3.63, 3.8) is 0 Å². The van der Waals surface area contributed by atoms with Gasteiger partial charge in [-0.25, -0.2) is 15.0 Å². The molecule has 0 unspecified atom stereocenters. The molecule has 3 heterocycles. The van der Waals surface area contributed by atoms with Gasteiger partial charge in [-0.3, -0.25) is 4.98 Å². The van der Waals surface area contributed by atoms with Gasteiger partial charge in [0.25, 0.3) is 0 Å². The van der Waals surface area contributed by atoms with E-state index < -0.39 is 0 Å². The summed E-state index contributed by atoms with van der Waals surface area (Å²) in [5, 5.41) is 0.401. The van der Waals surface area contributed by atoms with Crippen LogP contribution in [0.1, 0.15) is 31.3 Å². The second kappa shape index (κ2) is 5.17. The molecule has 0 saturated heterocycles. The molecule has 0 atom stereocenters. The fourth-order valence-corrected chi connectivity index (χ4v) is 2.30. The van der Waals surface area contributed by atoms with Gasteiger partial charge in [0.15, 0.2) is 10.8 Å². The van der Waals surface area contributed by atoms with Crippen LogP contribution in [0, 0.1) is 0 Å². The number of pyridine rings is 1. The summed E-state index contributed by atoms with van der Waals surface area (Å²) in [6, 6.07) is 4.17. The molecule has 0 aliphatic rings. The van der Waals surface area contributed by atoms with Crippen molar-refractivity contribution < 1.29 is 0 Å². The summed E-state index contributed by atoms with van der Waals surface area (Å²) in [6.45, 7) is 4.17. The SMILES string of the molecule is CC(C)n1cnc2c(Cl)nc(Cc3ccncc3)nc21. The largest absolute Gasteiger partial charge is 0.313 e. The van der Waals surface area contributed by atoms with Gasteiger partial charge in [-0.1, -0.05) is 11.6 Å². The van der Waals surface area contributed by atoms with E-state index in [1.165, 1.54) is 0 Å². The van der Waals surface area contributed by atoms with Gasteiger partial charge in [-0.2, -0.15) is 0 Å². The maximum Gasteiger partial charge on any atom is 0.165 e. The van der Waals surface area contributed by atoms with Crippen LogP contribution < -0.4 is 0 Å². The first-order valence-electron chi connectivity index (χ1n) is 6.43. The van der Waals surface area contributed by atoms with Crippen LogP contribution in [-0.2, 0) is 6.42 Å². The number of hydrogen-bond acceptors (Lipinski definition) is 4. The Morgan fingerprint density at radius 3 is 2.65 bits per heavy atom. The molecule has 0 amide bonds. The minimum absolute atomic E-state index is 0.278. The second-order valence-electron chi connectivity index (χ2n) is 4.88. The molecule has 3 aromatic rings. The monoisotopic (exact) mass is 287 g/mol. The summed E-state index contributed by atoms with van der Waals surface area (Å²) in [5.41, 5.74) is 2.54. The Bertz CT molecular complexity index is 736. The van der Waals surface area contributed by atoms with Crippen LogP contribution in [0.2, 0.25) is 5.15 Å². The smallest absolute Gasteiger partial charge is 0.165 e. The number of imidazole rings is 1. The Kier molecular flexibility index (Phi) is 3.36. The first-order valence-corrected chi connectivity index (χ1v) is 6.81. The highest BCUT2D eigenvalue weighted by Crippen LogP contribution is 2.22. The molecule has 102 valence electrons. The van der Waals surface area contributed by atoms with Crippen LogP contribution in [-0.4, -0.2) is 24.5 Å². The zero-order valence-corrected chi connectivity index (χ0v) is 12.0. The summed E-state index contributed by atoms with van der Waals surface area (Å²) < 4.78 is 2.00. The molecule has 0 aliphatic carbocycles. The molecule has 0 N–H and O–H groups in total. The molecule has 0 bridgehead atoms. The Morgan fingerprint density at radius 2 is 1.95 bits per heavy atom. The highest BCUT2D eigenvalue weighted by molar-refractivity contribution is 6.33. The minimum Gasteiger partial charge on any atom is -0.313 e. The molecule has 3 rings (SSSR count). The predicted octanol–water partition coefficient (Wildman–Crippen LogP) is 3.05. The van der Waals surface area contributed by atoms with Crippen molar-refractivity contribution in [2.24, 2.45) is 0 Å². The summed E-state index contributed by atoms with van der Waals surface area (Å²) in [6.07, 6.45) is 5.90. The maximum absolute atomic E-state index is 6.21. The molecule has 3 aromatic heterocycles. The summed E-state index contributed by atoms with van der Waals surface area (Å²) >= 11 is 6.21. The fourth-order valence-electron chi connectivity index (χ4n) is 2.06. The average Bonchev–Trinajstić information content (AvgIpc) is 2.84. The van der Waals surface area contributed by atoms with Crippen molar-refractivity contribution in [3.05, 3.63) is 47.4 Å². The third-order valence-electron chi connectivity index (χ3n) is 3.09. The lowest BCUT2D eigenvalue weighted by atomic mass is 10.2. The molecule has 0 aliphatic heterocycles. The summed E-state index contributed by atoms with van der Waals surface area (Å²) in [7, 11) is 0. The number of nitrogens with zero attached hydrogens (tertiary/aromatic N) is 5. The van der Waals surface area contributed by atoms with Crippen LogP contribution in [0.25, 0.3) is 11.2 Å². The van der Waals surface area contributed by atoms with Crippen LogP contribution in [0.3, 0.4) is 0 Å². The van der Waals surface area contributed by atoms with Gasteiger partial charge in [-0.15, -0.1) is 0 Å². The predicted molar refractivity (Wildman–Crippen MR) is 77.8 cm³/mol. The standard InChI is InChI=1S/C14H14ClN5/c1-9(2)20-8-17-12-13(15)18-11(19-14(12)20)7-10-3-5-16-6-4-10/h3-6,8-9H,7H2,1-2H3. The van der Waals surface area contributed by atoms with Crippen LogP contribution in [0.15, 0.2) is 30.9 Å². The first-order chi connectivity index (χ1) is 9.65. The number of rotatable bonds is 3. The van der Waals surface area contributed by atoms with E-state index in [0.29, 0.717) is 22.9 Å². The van der Waals surface area contributed by atoms with E-state index in [-0.39, 0.29) is 6.04 Å². The quantitative estimate of drug-likeness (QED) is 0.695. The highest BCUT2D eigenvalue weighted by atomic mass is 35.5. The van der Waals surface area contributed by atoms with Gasteiger partial charge < -0.3 is 4.57 Å². The fraction of sp³-hybridized carbons (Fsp3) is 0.286. The third kappa shape index (κ3) is 2.36. The summed E-state index contributed by atoms with van der Waals surface area (Å²) in [4.78, 5) is 17.2. The molecule has 0 saturated carbocycles. The highest BCUT2D eigenvalue weighted by Gasteiger charge is 2.13. The molecule has 6 heteroatoms. The van der Waals surface area contributed by atoms with Crippen LogP contribution in [0.4, 0.5) is 0 Å². The molecule has 20 heavy (non-hydrogen) atoms. The topological polar surface area (TPSA) is 56.5 Å². The Balaban J connectivity index is 2.06. The van der Waals surface area contributed by atoms with Gasteiger partial charge in [0.2, 0.25) is 0 Å². The second-order valence-corrected chi connectivity index (χ2v) is 5.24. The minimum atomic E-state index is 0.278. The van der Waals surface area contributed by atoms with E-state index in [2.05, 4.69) is 33.8 Å². The van der Waals surface area contributed by atoms with E-state index in [1.807, 2.05) is 16.7 Å². The van der Waals surface area contributed by atoms with Crippen molar-refractivity contribution in [2.45, 2.75) is 26.3 Å². The van der Waals surface area contributed by atoms with Gasteiger partial charge in [0, 0.05) is 24.9 Å². The number of halogens is 1. The zero-order chi connectivity index (χ0) is 14.1. The Labute approximate surface area is 121 Å². The molecule has 5 nitrogen and oxygen atoms in total. The van der Waals surface area contributed by atoms with Gasteiger partial charge >= 0.3 is 0 Å². The van der Waals surface area contributed by atoms with Gasteiger partial charge in [-0.05, 0) is 31.5 Å². The van der Waals surface area contributed by atoms with Crippen molar-refractivity contribution in [3.8, 4) is 0 Å². The third-order valence-corrected chi connectivity index (χ3v) is 3.36. The molecular weight excluding hydrogens is 274 g/mol. The molecular formula is C14H14ClN5. The van der Waals surface area contributed by atoms with E-state index in [1.54, 1.807) is 18.7 Å². The van der Waals surface area contributed by atoms with E-state index in [4.69, 9.17) is 11.6 Å². The lowest BCUT2D eigenvalue weighted by Crippen LogP contribution is -2.03. The van der Waals surface area contributed by atoms with E-state index in [0.717, 1.165) is 11.2 Å². The zero-order valence-electron chi connectivity index (χ0n) is 11.3. The van der Waals surface area contributed by atoms with Crippen LogP contribution >= 0.6 is 11.6 Å². The van der Waals surface area contributed by atoms with Crippen LogP contribution in [0.5, 0.6) is 0 Å². The molecule has 0 radical (unpaired) electrons. The Hall–Kier alpha value is -2.01. The van der Waals surface area contributed by atoms with Crippen molar-refractivity contribution >= 4 is 22.8 Å². The van der Waals surface area contributed by atoms with Crippen molar-refractivity contribution in [1.82, 2.24) is 24.5 Å². The molecule has 0 aromatic carbocycles. The van der Waals surface area contributed by atoms with Crippen molar-refractivity contribution in [1.29, 1.82) is 0 Å². The van der Waals surface area contributed by atoms with E-state index in [9.17, 15) is 0 Å². The van der Waals surface area contributed by atoms with Gasteiger partial charge in [0.05, 0.1) is 6.33 Å². The van der Waals surface area contributed by atoms with E-state index >= 15 is 0 Å². The average molecular weight is 288 g/mol. The number of fused-ring (bicyclic) bond motifs is 1. The molecule has 0 spiro atoms.